The second-order valence-electron chi connectivity index (χ2n) is 1.64. The van der Waals surface area contributed by atoms with Crippen LogP contribution in [0.5, 0.6) is 5.75 Å². The van der Waals surface area contributed by atoms with Crippen molar-refractivity contribution in [3.8, 4) is 5.75 Å². The molecule has 0 aliphatic heterocycles. The van der Waals surface area contributed by atoms with Gasteiger partial charge in [0.25, 0.3) is 0 Å². The summed E-state index contributed by atoms with van der Waals surface area (Å²) in [7, 11) is 0. The van der Waals surface area contributed by atoms with E-state index in [1.807, 2.05) is 0 Å². The Balaban J connectivity index is 2.81. The van der Waals surface area contributed by atoms with Gasteiger partial charge < -0.3 is 10.5 Å². The third-order valence-electron chi connectivity index (χ3n) is 1.01. The highest BCUT2D eigenvalue weighted by Gasteiger charge is 1.96. The Morgan fingerprint density at radius 2 is 2.50 bits per heavy atom. The van der Waals surface area contributed by atoms with Gasteiger partial charge in [-0.2, -0.15) is 0 Å². The maximum absolute atomic E-state index is 11.6. The lowest BCUT2D eigenvalue weighted by molar-refractivity contribution is 0.192. The summed E-state index contributed by atoms with van der Waals surface area (Å²) >= 11 is 0. The third-order valence-corrected chi connectivity index (χ3v) is 1.01. The number of hydrogen-bond donors (Lipinski definition) is 1. The fraction of sp³-hybridized carbons (Fsp3) is 0.167. The van der Waals surface area contributed by atoms with Crippen LogP contribution in [0.1, 0.15) is 0 Å². The molecule has 0 amide bonds. The number of hydrogen-bond acceptors (Lipinski definition) is 3. The number of nitrogen functional groups attached to an aromatic ring is 1. The topological polar surface area (TPSA) is 48.1 Å². The molecule has 1 rings (SSSR count). The number of nitrogens with zero attached hydrogens (tertiary/aromatic N) is 1. The Hall–Kier alpha value is -1.32. The standard InChI is InChI=1S/C6H7FN2O/c7-4-10-5-2-1-3-9-6(5)8/h1-3H,4H2,(H2,8,9). The summed E-state index contributed by atoms with van der Waals surface area (Å²) in [6, 6.07) is 3.18. The summed E-state index contributed by atoms with van der Waals surface area (Å²) in [5.41, 5.74) is 5.30. The van der Waals surface area contributed by atoms with E-state index in [2.05, 4.69) is 9.72 Å². The van der Waals surface area contributed by atoms with Crippen molar-refractivity contribution in [2.24, 2.45) is 0 Å². The van der Waals surface area contributed by atoms with Crippen LogP contribution in [0.4, 0.5) is 10.2 Å². The van der Waals surface area contributed by atoms with Gasteiger partial charge in [-0.15, -0.1) is 0 Å². The van der Waals surface area contributed by atoms with Gasteiger partial charge in [-0.25, -0.2) is 9.37 Å². The van der Waals surface area contributed by atoms with E-state index >= 15 is 0 Å². The average Bonchev–Trinajstić information content (AvgIpc) is 1.94. The van der Waals surface area contributed by atoms with E-state index in [-0.39, 0.29) is 11.6 Å². The lowest BCUT2D eigenvalue weighted by atomic mass is 10.4. The number of nitrogens with two attached hydrogens (primary N) is 1. The van der Waals surface area contributed by atoms with Crippen molar-refractivity contribution in [3.63, 3.8) is 0 Å². The zero-order valence-corrected chi connectivity index (χ0v) is 5.25. The molecule has 1 aromatic rings. The number of aromatic nitrogens is 1. The molecule has 0 spiro atoms. The predicted octanol–water partition coefficient (Wildman–Crippen LogP) is 0.970. The van der Waals surface area contributed by atoms with Crippen LogP contribution in [-0.2, 0) is 0 Å². The summed E-state index contributed by atoms with van der Waals surface area (Å²) in [4.78, 5) is 3.68. The molecule has 4 heteroatoms. The van der Waals surface area contributed by atoms with Crippen molar-refractivity contribution in [2.75, 3.05) is 12.6 Å². The Morgan fingerprint density at radius 3 is 3.10 bits per heavy atom. The van der Waals surface area contributed by atoms with E-state index in [4.69, 9.17) is 5.73 Å². The molecule has 0 aliphatic carbocycles. The molecule has 54 valence electrons. The molecule has 0 saturated carbocycles. The predicted molar refractivity (Wildman–Crippen MR) is 35.3 cm³/mol. The second-order valence-corrected chi connectivity index (χ2v) is 1.64. The first-order valence-electron chi connectivity index (χ1n) is 2.74. The van der Waals surface area contributed by atoms with Crippen LogP contribution in [0.2, 0.25) is 0 Å². The number of ether oxygens (including phenoxy) is 1. The largest absolute Gasteiger partial charge is 0.459 e. The number of rotatable bonds is 2. The van der Waals surface area contributed by atoms with Gasteiger partial charge in [-0.1, -0.05) is 0 Å². The molecule has 1 aromatic heterocycles. The minimum absolute atomic E-state index is 0.208. The summed E-state index contributed by atoms with van der Waals surface area (Å²) in [5.74, 6) is 0.491. The van der Waals surface area contributed by atoms with E-state index in [9.17, 15) is 4.39 Å². The highest BCUT2D eigenvalue weighted by molar-refractivity contribution is 5.44. The number of pyridine rings is 1. The maximum atomic E-state index is 11.6. The molecule has 2 N–H and O–H groups in total. The Labute approximate surface area is 57.6 Å². The van der Waals surface area contributed by atoms with Crippen LogP contribution in [-0.4, -0.2) is 11.8 Å². The Bertz CT molecular complexity index is 217. The molecular weight excluding hydrogens is 135 g/mol. The smallest absolute Gasteiger partial charge is 0.228 e. The van der Waals surface area contributed by atoms with E-state index < -0.39 is 6.86 Å². The van der Waals surface area contributed by atoms with Gasteiger partial charge in [0, 0.05) is 6.20 Å². The summed E-state index contributed by atoms with van der Waals surface area (Å²) in [6.07, 6.45) is 1.51. The first-order valence-corrected chi connectivity index (χ1v) is 2.74. The van der Waals surface area contributed by atoms with Crippen molar-refractivity contribution in [1.29, 1.82) is 0 Å². The van der Waals surface area contributed by atoms with Crippen LogP contribution in [0.3, 0.4) is 0 Å². The molecule has 3 nitrogen and oxygen atoms in total. The van der Waals surface area contributed by atoms with Crippen molar-refractivity contribution < 1.29 is 9.13 Å². The molecule has 0 aromatic carbocycles. The normalized spacial score (nSPS) is 9.30. The minimum Gasteiger partial charge on any atom is -0.459 e. The molecule has 0 bridgehead atoms. The van der Waals surface area contributed by atoms with E-state index in [1.165, 1.54) is 6.20 Å². The van der Waals surface area contributed by atoms with Crippen molar-refractivity contribution >= 4 is 5.82 Å². The van der Waals surface area contributed by atoms with Crippen molar-refractivity contribution in [2.45, 2.75) is 0 Å². The van der Waals surface area contributed by atoms with Crippen LogP contribution < -0.4 is 10.5 Å². The van der Waals surface area contributed by atoms with Crippen LogP contribution in [0.25, 0.3) is 0 Å². The SMILES string of the molecule is Nc1ncccc1OCF. The second kappa shape index (κ2) is 3.00. The molecule has 0 unspecified atom stereocenters. The first kappa shape index (κ1) is 6.80. The summed E-state index contributed by atoms with van der Waals surface area (Å²) < 4.78 is 16.0. The van der Waals surface area contributed by atoms with E-state index in [0.717, 1.165) is 0 Å². The molecule has 0 fully saturated rings. The minimum atomic E-state index is -0.879. The number of alkyl halides is 1. The molecule has 0 radical (unpaired) electrons. The van der Waals surface area contributed by atoms with Gasteiger partial charge in [-0.3, -0.25) is 0 Å². The van der Waals surface area contributed by atoms with E-state index in [0.29, 0.717) is 0 Å². The molecule has 0 atom stereocenters. The zero-order valence-electron chi connectivity index (χ0n) is 5.25. The van der Waals surface area contributed by atoms with Gasteiger partial charge in [0.15, 0.2) is 11.6 Å². The molecule has 1 heterocycles. The van der Waals surface area contributed by atoms with Crippen molar-refractivity contribution in [1.82, 2.24) is 4.98 Å². The fourth-order valence-electron chi connectivity index (χ4n) is 0.584. The van der Waals surface area contributed by atoms with Crippen LogP contribution >= 0.6 is 0 Å². The van der Waals surface area contributed by atoms with Crippen LogP contribution in [0, 0.1) is 0 Å². The van der Waals surface area contributed by atoms with Crippen LogP contribution in [0.15, 0.2) is 18.3 Å². The molecule has 0 aliphatic rings. The van der Waals surface area contributed by atoms with Gasteiger partial charge in [0.05, 0.1) is 0 Å². The summed E-state index contributed by atoms with van der Waals surface area (Å²) in [6.45, 7) is -0.879. The number of anilines is 1. The van der Waals surface area contributed by atoms with Gasteiger partial charge in [0.2, 0.25) is 6.86 Å². The molecular formula is C6H7FN2O. The lowest BCUT2D eigenvalue weighted by Crippen LogP contribution is -1.97. The number of halogens is 1. The van der Waals surface area contributed by atoms with E-state index in [1.54, 1.807) is 12.1 Å². The lowest BCUT2D eigenvalue weighted by Gasteiger charge is -2.01. The Kier molecular flexibility index (Phi) is 2.04. The molecule has 10 heavy (non-hydrogen) atoms. The Morgan fingerprint density at radius 1 is 1.70 bits per heavy atom. The quantitative estimate of drug-likeness (QED) is 0.669. The van der Waals surface area contributed by atoms with Gasteiger partial charge >= 0.3 is 0 Å². The maximum Gasteiger partial charge on any atom is 0.228 e. The zero-order chi connectivity index (χ0) is 7.40. The summed E-state index contributed by atoms with van der Waals surface area (Å²) in [5, 5.41) is 0. The highest BCUT2D eigenvalue weighted by Crippen LogP contribution is 2.16. The average molecular weight is 142 g/mol. The third kappa shape index (κ3) is 1.34. The fourth-order valence-corrected chi connectivity index (χ4v) is 0.584. The first-order chi connectivity index (χ1) is 4.84. The highest BCUT2D eigenvalue weighted by atomic mass is 19.1. The molecule has 0 saturated heterocycles. The monoisotopic (exact) mass is 142 g/mol. The van der Waals surface area contributed by atoms with Gasteiger partial charge in [-0.05, 0) is 12.1 Å². The van der Waals surface area contributed by atoms with Crippen molar-refractivity contribution in [3.05, 3.63) is 18.3 Å². The van der Waals surface area contributed by atoms with Gasteiger partial charge in [0.1, 0.15) is 0 Å².